The first kappa shape index (κ1) is 13.0. The maximum atomic E-state index is 8.76. The highest BCUT2D eigenvalue weighted by Gasteiger charge is 2.07. The Morgan fingerprint density at radius 3 is 2.81 bits per heavy atom. The maximum Gasteiger partial charge on any atom is 0.122 e. The van der Waals surface area contributed by atoms with Crippen molar-refractivity contribution in [2.45, 2.75) is 32.7 Å². The van der Waals surface area contributed by atoms with Crippen molar-refractivity contribution in [2.75, 3.05) is 13.2 Å². The number of rotatable bonds is 6. The quantitative estimate of drug-likeness (QED) is 0.771. The molecule has 0 saturated carbocycles. The summed E-state index contributed by atoms with van der Waals surface area (Å²) in [6.07, 6.45) is 1.87. The third-order valence-corrected chi connectivity index (χ3v) is 2.57. The van der Waals surface area contributed by atoms with Crippen LogP contribution in [0.1, 0.15) is 24.5 Å². The lowest BCUT2D eigenvalue weighted by Gasteiger charge is -2.14. The summed E-state index contributed by atoms with van der Waals surface area (Å²) in [6.45, 7) is 4.46. The summed E-state index contributed by atoms with van der Waals surface area (Å²) < 4.78 is 5.51. The normalized spacial score (nSPS) is 12.5. The fourth-order valence-corrected chi connectivity index (χ4v) is 1.66. The molecule has 0 saturated heterocycles. The van der Waals surface area contributed by atoms with Gasteiger partial charge in [-0.3, -0.25) is 0 Å². The van der Waals surface area contributed by atoms with E-state index < -0.39 is 0 Å². The topological polar surface area (TPSA) is 55.5 Å². The predicted molar refractivity (Wildman–Crippen MR) is 65.7 cm³/mol. The van der Waals surface area contributed by atoms with Crippen LogP contribution >= 0.6 is 0 Å². The fraction of sp³-hybridized carbons (Fsp3) is 0.538. The van der Waals surface area contributed by atoms with Crippen LogP contribution in [0.15, 0.2) is 18.2 Å². The highest BCUT2D eigenvalue weighted by molar-refractivity contribution is 5.39. The van der Waals surface area contributed by atoms with Gasteiger partial charge in [-0.1, -0.05) is 12.1 Å². The smallest absolute Gasteiger partial charge is 0.122 e. The summed E-state index contributed by atoms with van der Waals surface area (Å²) in [4.78, 5) is 0. The second-order valence-electron chi connectivity index (χ2n) is 4.14. The molecule has 0 aliphatic rings. The van der Waals surface area contributed by atoms with Crippen LogP contribution in [0.4, 0.5) is 0 Å². The summed E-state index contributed by atoms with van der Waals surface area (Å²) >= 11 is 0. The number of aryl methyl sites for hydroxylation is 1. The molecule has 1 unspecified atom stereocenters. The Labute approximate surface area is 97.2 Å². The Morgan fingerprint density at radius 2 is 2.19 bits per heavy atom. The SMILES string of the molecule is Cc1cccc(OCCO)c1CCC(C)N. The minimum atomic E-state index is 0.0423. The number of hydrogen-bond donors (Lipinski definition) is 2. The zero-order valence-electron chi connectivity index (χ0n) is 10.1. The molecular weight excluding hydrogens is 202 g/mol. The number of ether oxygens (including phenoxy) is 1. The van der Waals surface area contributed by atoms with Gasteiger partial charge in [0.25, 0.3) is 0 Å². The van der Waals surface area contributed by atoms with Gasteiger partial charge in [-0.15, -0.1) is 0 Å². The molecule has 3 nitrogen and oxygen atoms in total. The molecule has 0 heterocycles. The molecule has 0 radical (unpaired) electrons. The van der Waals surface area contributed by atoms with E-state index in [0.717, 1.165) is 18.6 Å². The van der Waals surface area contributed by atoms with Crippen LogP contribution in [-0.4, -0.2) is 24.4 Å². The second kappa shape index (κ2) is 6.51. The van der Waals surface area contributed by atoms with Crippen molar-refractivity contribution >= 4 is 0 Å². The third kappa shape index (κ3) is 3.83. The van der Waals surface area contributed by atoms with Gasteiger partial charge in [-0.05, 0) is 43.9 Å². The van der Waals surface area contributed by atoms with Crippen LogP contribution in [0.2, 0.25) is 0 Å². The summed E-state index contributed by atoms with van der Waals surface area (Å²) in [6, 6.07) is 6.18. The first-order valence-electron chi connectivity index (χ1n) is 5.73. The summed E-state index contributed by atoms with van der Waals surface area (Å²) in [5.41, 5.74) is 8.18. The largest absolute Gasteiger partial charge is 0.491 e. The van der Waals surface area contributed by atoms with E-state index in [0.29, 0.717) is 6.61 Å². The molecule has 0 aliphatic heterocycles. The standard InChI is InChI=1S/C13H21NO2/c1-10-4-3-5-13(16-9-8-15)12(10)7-6-11(2)14/h3-5,11,15H,6-9,14H2,1-2H3. The van der Waals surface area contributed by atoms with E-state index in [2.05, 4.69) is 13.0 Å². The first-order chi connectivity index (χ1) is 7.65. The molecule has 1 aromatic rings. The minimum absolute atomic E-state index is 0.0423. The van der Waals surface area contributed by atoms with Crippen LogP contribution in [0.5, 0.6) is 5.75 Å². The molecule has 90 valence electrons. The molecule has 0 aliphatic carbocycles. The van der Waals surface area contributed by atoms with Gasteiger partial charge in [-0.25, -0.2) is 0 Å². The van der Waals surface area contributed by atoms with Gasteiger partial charge in [0.15, 0.2) is 0 Å². The molecule has 1 rings (SSSR count). The Morgan fingerprint density at radius 1 is 1.44 bits per heavy atom. The number of benzene rings is 1. The van der Waals surface area contributed by atoms with Gasteiger partial charge < -0.3 is 15.6 Å². The van der Waals surface area contributed by atoms with Gasteiger partial charge in [0.05, 0.1) is 6.61 Å². The van der Waals surface area contributed by atoms with E-state index in [1.165, 1.54) is 11.1 Å². The van der Waals surface area contributed by atoms with E-state index in [1.54, 1.807) is 0 Å². The van der Waals surface area contributed by atoms with Gasteiger partial charge >= 0.3 is 0 Å². The number of hydrogen-bond acceptors (Lipinski definition) is 3. The van der Waals surface area contributed by atoms with Crippen molar-refractivity contribution in [2.24, 2.45) is 5.73 Å². The summed E-state index contributed by atoms with van der Waals surface area (Å²) in [5, 5.41) is 8.76. The average Bonchev–Trinajstić information content (AvgIpc) is 2.24. The average molecular weight is 223 g/mol. The fourth-order valence-electron chi connectivity index (χ4n) is 1.66. The van der Waals surface area contributed by atoms with E-state index in [4.69, 9.17) is 15.6 Å². The van der Waals surface area contributed by atoms with Crippen LogP contribution in [0.25, 0.3) is 0 Å². The lowest BCUT2D eigenvalue weighted by atomic mass is 10.0. The third-order valence-electron chi connectivity index (χ3n) is 2.57. The highest BCUT2D eigenvalue weighted by atomic mass is 16.5. The zero-order chi connectivity index (χ0) is 12.0. The minimum Gasteiger partial charge on any atom is -0.491 e. The van der Waals surface area contributed by atoms with Crippen molar-refractivity contribution < 1.29 is 9.84 Å². The Bertz CT molecular complexity index is 324. The van der Waals surface area contributed by atoms with Gasteiger partial charge in [-0.2, -0.15) is 0 Å². The lowest BCUT2D eigenvalue weighted by Crippen LogP contribution is -2.16. The zero-order valence-corrected chi connectivity index (χ0v) is 10.1. The maximum absolute atomic E-state index is 8.76. The van der Waals surface area contributed by atoms with Crippen molar-refractivity contribution in [3.63, 3.8) is 0 Å². The van der Waals surface area contributed by atoms with Crippen LogP contribution < -0.4 is 10.5 Å². The number of nitrogens with two attached hydrogens (primary N) is 1. The monoisotopic (exact) mass is 223 g/mol. The van der Waals surface area contributed by atoms with E-state index in [1.807, 2.05) is 19.1 Å². The Kier molecular flexibility index (Phi) is 5.29. The Hall–Kier alpha value is -1.06. The molecule has 0 bridgehead atoms. The summed E-state index contributed by atoms with van der Waals surface area (Å²) in [5.74, 6) is 0.870. The van der Waals surface area contributed by atoms with Gasteiger partial charge in [0.1, 0.15) is 12.4 Å². The molecule has 3 heteroatoms. The van der Waals surface area contributed by atoms with Crippen LogP contribution in [0.3, 0.4) is 0 Å². The molecule has 0 amide bonds. The number of aliphatic hydroxyl groups is 1. The second-order valence-corrected chi connectivity index (χ2v) is 4.14. The lowest BCUT2D eigenvalue weighted by molar-refractivity contribution is 0.200. The molecule has 3 N–H and O–H groups in total. The van der Waals surface area contributed by atoms with Crippen molar-refractivity contribution in [1.29, 1.82) is 0 Å². The van der Waals surface area contributed by atoms with E-state index in [9.17, 15) is 0 Å². The van der Waals surface area contributed by atoms with E-state index >= 15 is 0 Å². The van der Waals surface area contributed by atoms with Gasteiger partial charge in [0, 0.05) is 6.04 Å². The molecule has 1 aromatic carbocycles. The predicted octanol–water partition coefficient (Wildman–Crippen LogP) is 1.65. The van der Waals surface area contributed by atoms with E-state index in [-0.39, 0.29) is 12.6 Å². The molecule has 0 fully saturated rings. The van der Waals surface area contributed by atoms with Crippen molar-refractivity contribution in [1.82, 2.24) is 0 Å². The molecular formula is C13H21NO2. The van der Waals surface area contributed by atoms with Crippen LogP contribution in [-0.2, 0) is 6.42 Å². The van der Waals surface area contributed by atoms with Crippen LogP contribution in [0, 0.1) is 6.92 Å². The van der Waals surface area contributed by atoms with Crippen molar-refractivity contribution in [3.05, 3.63) is 29.3 Å². The number of aliphatic hydroxyl groups excluding tert-OH is 1. The molecule has 1 atom stereocenters. The molecule has 0 spiro atoms. The highest BCUT2D eigenvalue weighted by Crippen LogP contribution is 2.23. The van der Waals surface area contributed by atoms with Gasteiger partial charge in [0.2, 0.25) is 0 Å². The molecule has 0 aromatic heterocycles. The first-order valence-corrected chi connectivity index (χ1v) is 5.73. The molecule has 16 heavy (non-hydrogen) atoms. The summed E-state index contributed by atoms with van der Waals surface area (Å²) in [7, 11) is 0. The van der Waals surface area contributed by atoms with Crippen molar-refractivity contribution in [3.8, 4) is 5.75 Å². The Balaban J connectivity index is 2.77.